The zero-order valence-corrected chi connectivity index (χ0v) is 14.8. The van der Waals surface area contributed by atoms with Gasteiger partial charge in [-0.1, -0.05) is 12.8 Å². The third kappa shape index (κ3) is 2.84. The minimum absolute atomic E-state index is 0.0473. The molecule has 10 heteroatoms. The number of aliphatic carboxylic acids is 1. The summed E-state index contributed by atoms with van der Waals surface area (Å²) in [6.45, 7) is 1.32. The molecule has 3 atom stereocenters. The zero-order valence-electron chi connectivity index (χ0n) is 14.0. The largest absolute Gasteiger partial charge is 0.480 e. The Labute approximate surface area is 144 Å². The molecular formula is C15H21F2N3O4S. The van der Waals surface area contributed by atoms with E-state index < -0.39 is 45.1 Å². The molecule has 1 aromatic heterocycles. The Bertz CT molecular complexity index is 793. The van der Waals surface area contributed by atoms with Crippen molar-refractivity contribution < 1.29 is 27.1 Å². The van der Waals surface area contributed by atoms with E-state index in [2.05, 4.69) is 5.10 Å². The molecule has 140 valence electrons. The van der Waals surface area contributed by atoms with Crippen LogP contribution in [0.3, 0.4) is 0 Å². The van der Waals surface area contributed by atoms with E-state index in [1.165, 1.54) is 14.0 Å². The number of nitrogens with zero attached hydrogens (tertiary/aromatic N) is 3. The first kappa shape index (κ1) is 18.2. The van der Waals surface area contributed by atoms with E-state index in [9.17, 15) is 27.1 Å². The van der Waals surface area contributed by atoms with Gasteiger partial charge in [0.1, 0.15) is 6.04 Å². The van der Waals surface area contributed by atoms with Crippen LogP contribution in [0.4, 0.5) is 8.78 Å². The molecule has 1 aromatic rings. The quantitative estimate of drug-likeness (QED) is 0.867. The number of carboxylic acids is 1. The van der Waals surface area contributed by atoms with Crippen molar-refractivity contribution in [1.29, 1.82) is 0 Å². The van der Waals surface area contributed by atoms with Gasteiger partial charge < -0.3 is 5.11 Å². The molecule has 0 radical (unpaired) electrons. The predicted octanol–water partition coefficient (Wildman–Crippen LogP) is 2.07. The van der Waals surface area contributed by atoms with Crippen LogP contribution in [0.15, 0.2) is 5.03 Å². The van der Waals surface area contributed by atoms with Crippen molar-refractivity contribution in [3.05, 3.63) is 11.3 Å². The lowest BCUT2D eigenvalue weighted by molar-refractivity contribution is -0.141. The fourth-order valence-electron chi connectivity index (χ4n) is 4.29. The van der Waals surface area contributed by atoms with Crippen LogP contribution < -0.4 is 0 Å². The first-order chi connectivity index (χ1) is 11.7. The molecule has 0 amide bonds. The van der Waals surface area contributed by atoms with Gasteiger partial charge in [-0.05, 0) is 32.1 Å². The fraction of sp³-hybridized carbons (Fsp3) is 0.733. The fourth-order valence-corrected chi connectivity index (χ4v) is 6.52. The predicted molar refractivity (Wildman–Crippen MR) is 83.7 cm³/mol. The van der Waals surface area contributed by atoms with E-state index in [4.69, 9.17) is 0 Å². The normalized spacial score (nSPS) is 27.6. The number of aryl methyl sites for hydroxylation is 2. The SMILES string of the molecule is Cc1nn(C)c(S(=O)(=O)N2C(C(=O)O)CC3CCCCC32)c1C(F)F. The van der Waals surface area contributed by atoms with Crippen LogP contribution in [-0.4, -0.2) is 45.7 Å². The lowest BCUT2D eigenvalue weighted by Gasteiger charge is -2.32. The molecule has 1 aliphatic heterocycles. The van der Waals surface area contributed by atoms with Gasteiger partial charge in [-0.25, -0.2) is 17.2 Å². The summed E-state index contributed by atoms with van der Waals surface area (Å²) < 4.78 is 55.3. The molecule has 2 heterocycles. The number of rotatable bonds is 4. The summed E-state index contributed by atoms with van der Waals surface area (Å²) in [5.41, 5.74) is -0.715. The van der Waals surface area contributed by atoms with Crippen LogP contribution >= 0.6 is 0 Å². The number of fused-ring (bicyclic) bond motifs is 1. The smallest absolute Gasteiger partial charge is 0.322 e. The van der Waals surface area contributed by atoms with Crippen molar-refractivity contribution in [1.82, 2.24) is 14.1 Å². The summed E-state index contributed by atoms with van der Waals surface area (Å²) in [7, 11) is -3.13. The third-order valence-corrected chi connectivity index (χ3v) is 7.32. The summed E-state index contributed by atoms with van der Waals surface area (Å²) in [4.78, 5) is 11.7. The molecule has 2 fully saturated rings. The number of halogens is 2. The van der Waals surface area contributed by atoms with E-state index >= 15 is 0 Å². The summed E-state index contributed by atoms with van der Waals surface area (Å²) in [6.07, 6.45) is 0.243. The van der Waals surface area contributed by atoms with Crippen LogP contribution in [-0.2, 0) is 21.9 Å². The molecule has 25 heavy (non-hydrogen) atoms. The lowest BCUT2D eigenvalue weighted by Crippen LogP contribution is -2.46. The van der Waals surface area contributed by atoms with Crippen LogP contribution in [0.2, 0.25) is 0 Å². The number of sulfonamides is 1. The van der Waals surface area contributed by atoms with Gasteiger partial charge in [0.05, 0.1) is 11.3 Å². The van der Waals surface area contributed by atoms with Gasteiger partial charge in [-0.2, -0.15) is 9.40 Å². The number of hydrogen-bond donors (Lipinski definition) is 1. The highest BCUT2D eigenvalue weighted by atomic mass is 32.2. The van der Waals surface area contributed by atoms with Gasteiger partial charge >= 0.3 is 5.97 Å². The zero-order chi connectivity index (χ0) is 18.5. The topological polar surface area (TPSA) is 92.5 Å². The minimum Gasteiger partial charge on any atom is -0.480 e. The monoisotopic (exact) mass is 377 g/mol. The molecule has 7 nitrogen and oxygen atoms in total. The van der Waals surface area contributed by atoms with Crippen LogP contribution in [0.5, 0.6) is 0 Å². The number of carboxylic acid groups (broad SMARTS) is 1. The van der Waals surface area contributed by atoms with E-state index in [1.54, 1.807) is 0 Å². The molecule has 2 aliphatic rings. The Hall–Kier alpha value is -1.55. The summed E-state index contributed by atoms with van der Waals surface area (Å²) in [5.74, 6) is -1.29. The van der Waals surface area contributed by atoms with Crippen molar-refractivity contribution in [3.8, 4) is 0 Å². The summed E-state index contributed by atoms with van der Waals surface area (Å²) in [6, 6.07) is -1.68. The second kappa shape index (κ2) is 6.31. The van der Waals surface area contributed by atoms with Gasteiger partial charge in [0.2, 0.25) is 0 Å². The number of aromatic nitrogens is 2. The van der Waals surface area contributed by atoms with E-state index in [0.29, 0.717) is 6.42 Å². The van der Waals surface area contributed by atoms with E-state index in [1.807, 2.05) is 0 Å². The number of hydrogen-bond acceptors (Lipinski definition) is 4. The molecule has 0 aromatic carbocycles. The Balaban J connectivity index is 2.14. The van der Waals surface area contributed by atoms with Gasteiger partial charge in [0.15, 0.2) is 5.03 Å². The van der Waals surface area contributed by atoms with E-state index in [0.717, 1.165) is 28.2 Å². The average molecular weight is 377 g/mol. The molecule has 3 unspecified atom stereocenters. The summed E-state index contributed by atoms with van der Waals surface area (Å²) >= 11 is 0. The highest BCUT2D eigenvalue weighted by molar-refractivity contribution is 7.89. The van der Waals surface area contributed by atoms with Crippen molar-refractivity contribution in [2.75, 3.05) is 0 Å². The number of carbonyl (C=O) groups is 1. The molecule has 1 N–H and O–H groups in total. The Morgan fingerprint density at radius 2 is 1.96 bits per heavy atom. The lowest BCUT2D eigenvalue weighted by atomic mass is 9.85. The average Bonchev–Trinajstić information content (AvgIpc) is 3.05. The first-order valence-electron chi connectivity index (χ1n) is 8.24. The molecule has 3 rings (SSSR count). The Morgan fingerprint density at radius 1 is 1.32 bits per heavy atom. The van der Waals surface area contributed by atoms with E-state index in [-0.39, 0.29) is 18.0 Å². The van der Waals surface area contributed by atoms with Crippen LogP contribution in [0.25, 0.3) is 0 Å². The molecule has 1 saturated carbocycles. The van der Waals surface area contributed by atoms with Gasteiger partial charge in [0, 0.05) is 13.1 Å². The van der Waals surface area contributed by atoms with Gasteiger partial charge in [-0.15, -0.1) is 0 Å². The second-order valence-corrected chi connectivity index (χ2v) is 8.52. The first-order valence-corrected chi connectivity index (χ1v) is 9.68. The third-order valence-electron chi connectivity index (χ3n) is 5.27. The standard InChI is InChI=1S/C15H21F2N3O4S/c1-8-12(13(16)17)14(19(2)18-8)25(23,24)20-10-6-4-3-5-9(10)7-11(20)15(21)22/h9-11,13H,3-7H2,1-2H3,(H,21,22). The maximum atomic E-state index is 13.5. The summed E-state index contributed by atoms with van der Waals surface area (Å²) in [5, 5.41) is 12.7. The second-order valence-electron chi connectivity index (χ2n) is 6.77. The molecule has 1 saturated heterocycles. The minimum atomic E-state index is -4.42. The van der Waals surface area contributed by atoms with Gasteiger partial charge in [-0.3, -0.25) is 9.48 Å². The molecule has 0 bridgehead atoms. The van der Waals surface area contributed by atoms with Crippen molar-refractivity contribution >= 4 is 16.0 Å². The Morgan fingerprint density at radius 3 is 2.56 bits per heavy atom. The van der Waals surface area contributed by atoms with Crippen molar-refractivity contribution in [2.24, 2.45) is 13.0 Å². The van der Waals surface area contributed by atoms with Gasteiger partial charge in [0.25, 0.3) is 16.4 Å². The molecular weight excluding hydrogens is 356 g/mol. The highest BCUT2D eigenvalue weighted by Crippen LogP contribution is 2.44. The maximum absolute atomic E-state index is 13.5. The number of alkyl halides is 2. The molecule has 0 spiro atoms. The van der Waals surface area contributed by atoms with Crippen LogP contribution in [0.1, 0.15) is 49.8 Å². The van der Waals surface area contributed by atoms with Crippen molar-refractivity contribution in [3.63, 3.8) is 0 Å². The van der Waals surface area contributed by atoms with Crippen LogP contribution in [0, 0.1) is 12.8 Å². The Kier molecular flexibility index (Phi) is 4.61. The maximum Gasteiger partial charge on any atom is 0.322 e. The highest BCUT2D eigenvalue weighted by Gasteiger charge is 2.52. The molecule has 1 aliphatic carbocycles. The van der Waals surface area contributed by atoms with Crippen molar-refractivity contribution in [2.45, 2.75) is 62.6 Å².